The molecule has 0 saturated heterocycles. The van der Waals surface area contributed by atoms with Crippen LogP contribution in [0.3, 0.4) is 0 Å². The number of benzene rings is 1. The van der Waals surface area contributed by atoms with Crippen LogP contribution in [-0.2, 0) is 16.1 Å². The Bertz CT molecular complexity index is 633. The second-order valence-corrected chi connectivity index (χ2v) is 5.47. The van der Waals surface area contributed by atoms with Gasteiger partial charge in [0.15, 0.2) is 6.61 Å². The molecule has 6 heteroatoms. The molecule has 1 aliphatic carbocycles. The number of hydrogen-bond donors (Lipinski definition) is 0. The van der Waals surface area contributed by atoms with Gasteiger partial charge in [-0.3, -0.25) is 4.79 Å². The van der Waals surface area contributed by atoms with E-state index in [4.69, 9.17) is 9.26 Å². The molecule has 3 rings (SSSR count). The van der Waals surface area contributed by atoms with E-state index >= 15 is 0 Å². The molecule has 0 atom stereocenters. The quantitative estimate of drug-likeness (QED) is 0.809. The zero-order valence-electron chi connectivity index (χ0n) is 12.1. The highest BCUT2D eigenvalue weighted by molar-refractivity contribution is 5.72. The Morgan fingerprint density at radius 3 is 2.68 bits per heavy atom. The fourth-order valence-electron chi connectivity index (χ4n) is 2.61. The van der Waals surface area contributed by atoms with Crippen molar-refractivity contribution >= 4 is 5.97 Å². The van der Waals surface area contributed by atoms with Crippen LogP contribution in [0, 0.1) is 11.7 Å². The van der Waals surface area contributed by atoms with Gasteiger partial charge in [-0.15, -0.1) is 0 Å². The topological polar surface area (TPSA) is 65.2 Å². The lowest BCUT2D eigenvalue weighted by Crippen LogP contribution is -2.20. The summed E-state index contributed by atoms with van der Waals surface area (Å²) in [7, 11) is 0. The second-order valence-electron chi connectivity index (χ2n) is 5.47. The van der Waals surface area contributed by atoms with Crippen molar-refractivity contribution in [2.75, 3.05) is 0 Å². The Morgan fingerprint density at radius 1 is 1.23 bits per heavy atom. The average molecular weight is 304 g/mol. The van der Waals surface area contributed by atoms with E-state index in [2.05, 4.69) is 10.1 Å². The fraction of sp³-hybridized carbons (Fsp3) is 0.438. The van der Waals surface area contributed by atoms with Crippen LogP contribution in [0.25, 0.3) is 11.5 Å². The molecule has 1 aliphatic rings. The highest BCUT2D eigenvalue weighted by atomic mass is 19.1. The summed E-state index contributed by atoms with van der Waals surface area (Å²) in [6, 6.07) is 5.76. The Kier molecular flexibility index (Phi) is 4.46. The van der Waals surface area contributed by atoms with Gasteiger partial charge < -0.3 is 9.26 Å². The number of esters is 1. The highest BCUT2D eigenvalue weighted by Gasteiger charge is 2.23. The molecule has 1 heterocycles. The van der Waals surface area contributed by atoms with Gasteiger partial charge in [0.05, 0.1) is 5.92 Å². The number of ether oxygens (including phenoxy) is 1. The molecule has 1 aromatic heterocycles. The standard InChI is InChI=1S/C16H17FN2O3/c17-13-8-6-11(7-9-13)15-18-14(19-22-15)10-21-16(20)12-4-2-1-3-5-12/h6-9,12H,1-5,10H2. The van der Waals surface area contributed by atoms with Crippen molar-refractivity contribution in [1.29, 1.82) is 0 Å². The predicted molar refractivity (Wildman–Crippen MR) is 76.1 cm³/mol. The molecule has 0 amide bonds. The summed E-state index contributed by atoms with van der Waals surface area (Å²) in [5.74, 6) is 0.0714. The number of rotatable bonds is 4. The van der Waals surface area contributed by atoms with Crippen LogP contribution < -0.4 is 0 Å². The minimum Gasteiger partial charge on any atom is -0.457 e. The first kappa shape index (κ1) is 14.7. The van der Waals surface area contributed by atoms with Crippen LogP contribution in [0.1, 0.15) is 37.9 Å². The van der Waals surface area contributed by atoms with Crippen molar-refractivity contribution < 1.29 is 18.4 Å². The molecule has 1 fully saturated rings. The van der Waals surface area contributed by atoms with Crippen LogP contribution in [0.15, 0.2) is 28.8 Å². The maximum atomic E-state index is 12.9. The number of nitrogens with zero attached hydrogens (tertiary/aromatic N) is 2. The first-order valence-electron chi connectivity index (χ1n) is 7.47. The summed E-state index contributed by atoms with van der Waals surface area (Å²) in [4.78, 5) is 16.1. The van der Waals surface area contributed by atoms with E-state index in [1.165, 1.54) is 18.6 Å². The van der Waals surface area contributed by atoms with E-state index < -0.39 is 0 Å². The van der Waals surface area contributed by atoms with Crippen molar-refractivity contribution in [1.82, 2.24) is 10.1 Å². The largest absolute Gasteiger partial charge is 0.457 e. The van der Waals surface area contributed by atoms with E-state index in [-0.39, 0.29) is 30.2 Å². The summed E-state index contributed by atoms with van der Waals surface area (Å²) < 4.78 is 23.2. The van der Waals surface area contributed by atoms with E-state index in [0.29, 0.717) is 11.4 Å². The predicted octanol–water partition coefficient (Wildman–Crippen LogP) is 3.50. The molecule has 0 radical (unpaired) electrons. The van der Waals surface area contributed by atoms with Crippen LogP contribution >= 0.6 is 0 Å². The lowest BCUT2D eigenvalue weighted by Gasteiger charge is -2.19. The summed E-state index contributed by atoms with van der Waals surface area (Å²) in [6.07, 6.45) is 5.14. The maximum Gasteiger partial charge on any atom is 0.309 e. The minimum absolute atomic E-state index is 0.0000278. The van der Waals surface area contributed by atoms with Gasteiger partial charge >= 0.3 is 5.97 Å². The van der Waals surface area contributed by atoms with Gasteiger partial charge in [0, 0.05) is 5.56 Å². The summed E-state index contributed by atoms with van der Waals surface area (Å²) in [5.41, 5.74) is 0.624. The average Bonchev–Trinajstić information content (AvgIpc) is 3.03. The molecule has 22 heavy (non-hydrogen) atoms. The van der Waals surface area contributed by atoms with Crippen molar-refractivity contribution in [2.24, 2.45) is 5.92 Å². The van der Waals surface area contributed by atoms with Gasteiger partial charge in [-0.25, -0.2) is 4.39 Å². The summed E-state index contributed by atoms with van der Waals surface area (Å²) in [5, 5.41) is 3.78. The molecule has 116 valence electrons. The lowest BCUT2D eigenvalue weighted by molar-refractivity contribution is -0.151. The van der Waals surface area contributed by atoms with E-state index in [9.17, 15) is 9.18 Å². The third-order valence-corrected chi connectivity index (χ3v) is 3.84. The fourth-order valence-corrected chi connectivity index (χ4v) is 2.61. The SMILES string of the molecule is O=C(OCc1noc(-c2ccc(F)cc2)n1)C1CCCCC1. The molecule has 5 nitrogen and oxygen atoms in total. The number of carbonyl (C=O) groups excluding carboxylic acids is 1. The third kappa shape index (κ3) is 3.50. The molecule has 0 aliphatic heterocycles. The second kappa shape index (κ2) is 6.68. The molecule has 1 aromatic carbocycles. The van der Waals surface area contributed by atoms with Crippen molar-refractivity contribution in [3.8, 4) is 11.5 Å². The Hall–Kier alpha value is -2.24. The number of carbonyl (C=O) groups is 1. The minimum atomic E-state index is -0.329. The van der Waals surface area contributed by atoms with Crippen molar-refractivity contribution in [3.63, 3.8) is 0 Å². The van der Waals surface area contributed by atoms with Gasteiger partial charge in [-0.2, -0.15) is 4.98 Å². The monoisotopic (exact) mass is 304 g/mol. The summed E-state index contributed by atoms with van der Waals surface area (Å²) in [6.45, 7) is 0.0000278. The molecule has 2 aromatic rings. The van der Waals surface area contributed by atoms with Crippen LogP contribution in [0.4, 0.5) is 4.39 Å². The van der Waals surface area contributed by atoms with E-state index in [1.807, 2.05) is 0 Å². The zero-order valence-corrected chi connectivity index (χ0v) is 12.1. The Morgan fingerprint density at radius 2 is 1.95 bits per heavy atom. The van der Waals surface area contributed by atoms with Gasteiger partial charge in [-0.1, -0.05) is 24.4 Å². The molecule has 0 spiro atoms. The molecule has 0 bridgehead atoms. The first-order valence-corrected chi connectivity index (χ1v) is 7.47. The van der Waals surface area contributed by atoms with Gasteiger partial charge in [0.1, 0.15) is 5.82 Å². The molecule has 0 unspecified atom stereocenters. The van der Waals surface area contributed by atoms with Crippen molar-refractivity contribution in [2.45, 2.75) is 38.7 Å². The third-order valence-electron chi connectivity index (χ3n) is 3.84. The van der Waals surface area contributed by atoms with Crippen LogP contribution in [-0.4, -0.2) is 16.1 Å². The molecule has 0 N–H and O–H groups in total. The lowest BCUT2D eigenvalue weighted by atomic mass is 9.89. The van der Waals surface area contributed by atoms with Crippen LogP contribution in [0.2, 0.25) is 0 Å². The smallest absolute Gasteiger partial charge is 0.309 e. The Balaban J connectivity index is 1.57. The van der Waals surface area contributed by atoms with E-state index in [1.54, 1.807) is 12.1 Å². The maximum absolute atomic E-state index is 12.9. The Labute approximate surface area is 127 Å². The number of hydrogen-bond acceptors (Lipinski definition) is 5. The van der Waals surface area contributed by atoms with Crippen molar-refractivity contribution in [3.05, 3.63) is 35.9 Å². The van der Waals surface area contributed by atoms with Gasteiger partial charge in [0.2, 0.25) is 5.82 Å². The number of aromatic nitrogens is 2. The summed E-state index contributed by atoms with van der Waals surface area (Å²) >= 11 is 0. The van der Waals surface area contributed by atoms with Gasteiger partial charge in [0.25, 0.3) is 5.89 Å². The molecular weight excluding hydrogens is 287 g/mol. The molecule has 1 saturated carbocycles. The highest BCUT2D eigenvalue weighted by Crippen LogP contribution is 2.25. The normalized spacial score (nSPS) is 15.7. The van der Waals surface area contributed by atoms with E-state index in [0.717, 1.165) is 25.7 Å². The zero-order chi connectivity index (χ0) is 15.4. The van der Waals surface area contributed by atoms with Crippen LogP contribution in [0.5, 0.6) is 0 Å². The van der Waals surface area contributed by atoms with Gasteiger partial charge in [-0.05, 0) is 37.1 Å². The first-order chi connectivity index (χ1) is 10.7. The number of halogens is 1. The molecular formula is C16H17FN2O3.